The zero-order chi connectivity index (χ0) is 9.97. The minimum atomic E-state index is 0.575. The Morgan fingerprint density at radius 1 is 1.43 bits per heavy atom. The van der Waals surface area contributed by atoms with Gasteiger partial charge in [0, 0.05) is 15.8 Å². The van der Waals surface area contributed by atoms with E-state index in [4.69, 9.17) is 0 Å². The zero-order valence-electron chi connectivity index (χ0n) is 9.10. The molecule has 1 aliphatic carbocycles. The quantitative estimate of drug-likeness (QED) is 0.805. The third-order valence-corrected chi connectivity index (χ3v) is 4.47. The molecule has 0 saturated heterocycles. The maximum atomic E-state index is 3.39. The van der Waals surface area contributed by atoms with E-state index in [9.17, 15) is 0 Å². The van der Waals surface area contributed by atoms with Crippen molar-refractivity contribution in [3.8, 4) is 0 Å². The molecular formula is C12H19NS. The summed E-state index contributed by atoms with van der Waals surface area (Å²) < 4.78 is 0. The smallest absolute Gasteiger partial charge is 0.0409 e. The maximum Gasteiger partial charge on any atom is 0.0409 e. The van der Waals surface area contributed by atoms with E-state index in [1.807, 2.05) is 11.3 Å². The van der Waals surface area contributed by atoms with Crippen molar-refractivity contribution in [3.63, 3.8) is 0 Å². The molecule has 0 fully saturated rings. The third-order valence-electron chi connectivity index (χ3n) is 3.12. The number of thiophene rings is 1. The fourth-order valence-corrected chi connectivity index (χ4v) is 3.68. The predicted molar refractivity (Wildman–Crippen MR) is 63.1 cm³/mol. The minimum Gasteiger partial charge on any atom is -0.312 e. The second-order valence-electron chi connectivity index (χ2n) is 4.05. The molecule has 14 heavy (non-hydrogen) atoms. The highest BCUT2D eigenvalue weighted by Gasteiger charge is 2.16. The highest BCUT2D eigenvalue weighted by Crippen LogP contribution is 2.33. The van der Waals surface area contributed by atoms with Gasteiger partial charge in [0.1, 0.15) is 0 Å². The standard InChI is InChI=1S/C12H19NS/c1-3-10(13-2)12-8-9-6-4-5-7-11(9)14-12/h8,10,13H,3-7H2,1-2H3. The summed E-state index contributed by atoms with van der Waals surface area (Å²) in [7, 11) is 2.06. The number of aryl methyl sites for hydroxylation is 2. The lowest BCUT2D eigenvalue weighted by atomic mass is 9.98. The average molecular weight is 209 g/mol. The van der Waals surface area contributed by atoms with Gasteiger partial charge in [-0.3, -0.25) is 0 Å². The van der Waals surface area contributed by atoms with Crippen LogP contribution < -0.4 is 5.32 Å². The highest BCUT2D eigenvalue weighted by molar-refractivity contribution is 7.12. The monoisotopic (exact) mass is 209 g/mol. The van der Waals surface area contributed by atoms with Crippen LogP contribution in [0.4, 0.5) is 0 Å². The van der Waals surface area contributed by atoms with Gasteiger partial charge in [-0.25, -0.2) is 0 Å². The SMILES string of the molecule is CCC(NC)c1cc2c(s1)CCCC2. The molecule has 0 amide bonds. The van der Waals surface area contributed by atoms with E-state index >= 15 is 0 Å². The van der Waals surface area contributed by atoms with Gasteiger partial charge in [-0.05, 0) is 50.8 Å². The summed E-state index contributed by atoms with van der Waals surface area (Å²) in [6, 6.07) is 3.01. The van der Waals surface area contributed by atoms with E-state index in [1.54, 1.807) is 15.3 Å². The van der Waals surface area contributed by atoms with Gasteiger partial charge >= 0.3 is 0 Å². The number of rotatable bonds is 3. The fraction of sp³-hybridized carbons (Fsp3) is 0.667. The Morgan fingerprint density at radius 2 is 2.21 bits per heavy atom. The van der Waals surface area contributed by atoms with E-state index < -0.39 is 0 Å². The number of nitrogens with one attached hydrogen (secondary N) is 1. The Kier molecular flexibility index (Phi) is 3.24. The molecule has 1 aromatic heterocycles. The fourth-order valence-electron chi connectivity index (χ4n) is 2.23. The summed E-state index contributed by atoms with van der Waals surface area (Å²) in [5.41, 5.74) is 1.63. The molecule has 1 N–H and O–H groups in total. The van der Waals surface area contributed by atoms with E-state index in [2.05, 4.69) is 25.4 Å². The molecule has 1 aromatic rings. The van der Waals surface area contributed by atoms with Crippen LogP contribution in [-0.4, -0.2) is 7.05 Å². The predicted octanol–water partition coefficient (Wildman–Crippen LogP) is 3.30. The van der Waals surface area contributed by atoms with Gasteiger partial charge < -0.3 is 5.32 Å². The second kappa shape index (κ2) is 4.45. The van der Waals surface area contributed by atoms with Gasteiger partial charge in [0.05, 0.1) is 0 Å². The molecule has 2 heteroatoms. The van der Waals surface area contributed by atoms with E-state index in [1.165, 1.54) is 32.1 Å². The normalized spacial score (nSPS) is 17.9. The number of fused-ring (bicyclic) bond motifs is 1. The Labute approximate surface area is 90.5 Å². The van der Waals surface area contributed by atoms with Crippen LogP contribution in [0.3, 0.4) is 0 Å². The number of hydrogen-bond donors (Lipinski definition) is 1. The van der Waals surface area contributed by atoms with Gasteiger partial charge in [-0.15, -0.1) is 11.3 Å². The van der Waals surface area contributed by atoms with Gasteiger partial charge in [-0.1, -0.05) is 6.92 Å². The lowest BCUT2D eigenvalue weighted by Gasteiger charge is -2.10. The van der Waals surface area contributed by atoms with Gasteiger partial charge in [0.25, 0.3) is 0 Å². The summed E-state index contributed by atoms with van der Waals surface area (Å²) >= 11 is 2.03. The van der Waals surface area contributed by atoms with Crippen LogP contribution >= 0.6 is 11.3 Å². The van der Waals surface area contributed by atoms with Crippen molar-refractivity contribution in [2.75, 3.05) is 7.05 Å². The van der Waals surface area contributed by atoms with Crippen LogP contribution in [0.1, 0.15) is 47.5 Å². The summed E-state index contributed by atoms with van der Waals surface area (Å²) in [4.78, 5) is 3.20. The first-order valence-corrected chi connectivity index (χ1v) is 6.45. The van der Waals surface area contributed by atoms with E-state index in [0.717, 1.165) is 0 Å². The Hall–Kier alpha value is -0.340. The molecule has 0 radical (unpaired) electrons. The summed E-state index contributed by atoms with van der Waals surface area (Å²) in [5.74, 6) is 0. The molecule has 2 rings (SSSR count). The van der Waals surface area contributed by atoms with Crippen LogP contribution in [0, 0.1) is 0 Å². The van der Waals surface area contributed by atoms with Crippen LogP contribution in [0.2, 0.25) is 0 Å². The highest BCUT2D eigenvalue weighted by atomic mass is 32.1. The largest absolute Gasteiger partial charge is 0.312 e. The first-order valence-electron chi connectivity index (χ1n) is 5.64. The molecule has 1 aliphatic rings. The molecule has 0 aliphatic heterocycles. The molecule has 78 valence electrons. The van der Waals surface area contributed by atoms with Crippen LogP contribution in [0.25, 0.3) is 0 Å². The maximum absolute atomic E-state index is 3.39. The lowest BCUT2D eigenvalue weighted by molar-refractivity contribution is 0.586. The average Bonchev–Trinajstić information content (AvgIpc) is 2.63. The summed E-state index contributed by atoms with van der Waals surface area (Å²) in [6.07, 6.45) is 6.60. The van der Waals surface area contributed by atoms with E-state index in [-0.39, 0.29) is 0 Å². The Balaban J connectivity index is 2.22. The summed E-state index contributed by atoms with van der Waals surface area (Å²) in [6.45, 7) is 2.25. The zero-order valence-corrected chi connectivity index (χ0v) is 9.91. The Morgan fingerprint density at radius 3 is 2.86 bits per heavy atom. The molecule has 0 spiro atoms. The molecule has 1 heterocycles. The molecule has 0 saturated carbocycles. The Bertz CT molecular complexity index is 276. The van der Waals surface area contributed by atoms with Gasteiger partial charge in [-0.2, -0.15) is 0 Å². The topological polar surface area (TPSA) is 12.0 Å². The lowest BCUT2D eigenvalue weighted by Crippen LogP contribution is -2.13. The van der Waals surface area contributed by atoms with Crippen molar-refractivity contribution in [1.29, 1.82) is 0 Å². The van der Waals surface area contributed by atoms with Crippen molar-refractivity contribution in [3.05, 3.63) is 21.4 Å². The van der Waals surface area contributed by atoms with Crippen molar-refractivity contribution < 1.29 is 0 Å². The van der Waals surface area contributed by atoms with Crippen LogP contribution in [0.5, 0.6) is 0 Å². The van der Waals surface area contributed by atoms with Crippen molar-refractivity contribution in [1.82, 2.24) is 5.32 Å². The molecule has 1 unspecified atom stereocenters. The minimum absolute atomic E-state index is 0.575. The van der Waals surface area contributed by atoms with Crippen LogP contribution in [-0.2, 0) is 12.8 Å². The van der Waals surface area contributed by atoms with Crippen molar-refractivity contribution >= 4 is 11.3 Å². The molecule has 0 aromatic carbocycles. The summed E-state index contributed by atoms with van der Waals surface area (Å²) in [5, 5.41) is 3.39. The van der Waals surface area contributed by atoms with E-state index in [0.29, 0.717) is 6.04 Å². The first-order chi connectivity index (χ1) is 6.85. The molecule has 1 nitrogen and oxygen atoms in total. The van der Waals surface area contributed by atoms with Crippen molar-refractivity contribution in [2.45, 2.75) is 45.1 Å². The third kappa shape index (κ3) is 1.86. The molecular weight excluding hydrogens is 190 g/mol. The first kappa shape index (κ1) is 10.2. The van der Waals surface area contributed by atoms with Crippen LogP contribution in [0.15, 0.2) is 6.07 Å². The van der Waals surface area contributed by atoms with Gasteiger partial charge in [0.15, 0.2) is 0 Å². The molecule has 1 atom stereocenters. The number of hydrogen-bond acceptors (Lipinski definition) is 2. The molecule has 0 bridgehead atoms. The van der Waals surface area contributed by atoms with Crippen molar-refractivity contribution in [2.24, 2.45) is 0 Å². The second-order valence-corrected chi connectivity index (χ2v) is 5.22. The van der Waals surface area contributed by atoms with Gasteiger partial charge in [0.2, 0.25) is 0 Å².